The van der Waals surface area contributed by atoms with Crippen molar-refractivity contribution in [1.82, 2.24) is 24.6 Å². The van der Waals surface area contributed by atoms with Gasteiger partial charge in [0.1, 0.15) is 23.1 Å². The summed E-state index contributed by atoms with van der Waals surface area (Å²) in [6.45, 7) is 4.60. The number of amides is 1. The van der Waals surface area contributed by atoms with E-state index in [1.165, 1.54) is 32.4 Å². The molecule has 150 valence electrons. The maximum absolute atomic E-state index is 12.8. The molecule has 1 aromatic heterocycles. The normalized spacial score (nSPS) is 17.8. The summed E-state index contributed by atoms with van der Waals surface area (Å²) in [4.78, 5) is 16.9. The predicted molar refractivity (Wildman–Crippen MR) is 103 cm³/mol. The molecule has 0 bridgehead atoms. The fourth-order valence-electron chi connectivity index (χ4n) is 3.96. The van der Waals surface area contributed by atoms with Crippen molar-refractivity contribution >= 4 is 5.91 Å². The third-order valence-corrected chi connectivity index (χ3v) is 5.65. The van der Waals surface area contributed by atoms with Gasteiger partial charge in [-0.25, -0.2) is 0 Å². The molecule has 1 N–H and O–H groups in total. The highest BCUT2D eigenvalue weighted by molar-refractivity contribution is 5.97. The van der Waals surface area contributed by atoms with E-state index in [1.807, 2.05) is 0 Å². The van der Waals surface area contributed by atoms with Crippen molar-refractivity contribution in [3.8, 4) is 11.5 Å². The summed E-state index contributed by atoms with van der Waals surface area (Å²) in [5, 5.41) is 18.9. The number of carbonyl (C=O) groups excluding carboxylic acids is 1. The summed E-state index contributed by atoms with van der Waals surface area (Å²) in [6, 6.07) is 4.79. The van der Waals surface area contributed by atoms with E-state index in [2.05, 4.69) is 19.7 Å². The van der Waals surface area contributed by atoms with Crippen LogP contribution in [-0.4, -0.2) is 68.9 Å². The largest absolute Gasteiger partial charge is 0.507 e. The highest BCUT2D eigenvalue weighted by Crippen LogP contribution is 2.25. The van der Waals surface area contributed by atoms with Crippen LogP contribution in [0.1, 0.15) is 41.3 Å². The van der Waals surface area contributed by atoms with Crippen LogP contribution in [-0.2, 0) is 19.5 Å². The summed E-state index contributed by atoms with van der Waals surface area (Å²) in [7, 11) is 1.53. The molecule has 8 heteroatoms. The molecule has 8 nitrogen and oxygen atoms in total. The van der Waals surface area contributed by atoms with Gasteiger partial charge in [0.25, 0.3) is 5.91 Å². The second-order valence-electron chi connectivity index (χ2n) is 7.45. The Morgan fingerprint density at radius 2 is 1.93 bits per heavy atom. The number of phenols is 1. The predicted octanol–water partition coefficient (Wildman–Crippen LogP) is 1.68. The van der Waals surface area contributed by atoms with Crippen LogP contribution in [0.5, 0.6) is 11.5 Å². The van der Waals surface area contributed by atoms with Crippen molar-refractivity contribution in [3.05, 3.63) is 35.4 Å². The first-order valence-corrected chi connectivity index (χ1v) is 9.95. The number of nitrogens with zero attached hydrogens (tertiary/aromatic N) is 5. The Hall–Kier alpha value is -2.61. The number of hydrogen-bond acceptors (Lipinski definition) is 6. The first kappa shape index (κ1) is 18.7. The smallest absolute Gasteiger partial charge is 0.257 e. The van der Waals surface area contributed by atoms with Crippen LogP contribution >= 0.6 is 0 Å². The van der Waals surface area contributed by atoms with Crippen molar-refractivity contribution in [2.75, 3.05) is 33.3 Å². The van der Waals surface area contributed by atoms with Gasteiger partial charge >= 0.3 is 0 Å². The lowest BCUT2D eigenvalue weighted by Gasteiger charge is -2.34. The van der Waals surface area contributed by atoms with Crippen LogP contribution < -0.4 is 4.74 Å². The molecular weight excluding hydrogens is 358 g/mol. The van der Waals surface area contributed by atoms with Crippen LogP contribution in [0.15, 0.2) is 18.2 Å². The molecule has 28 heavy (non-hydrogen) atoms. The molecule has 1 fully saturated rings. The second kappa shape index (κ2) is 8.18. The molecular formula is C20H27N5O3. The molecule has 0 radical (unpaired) electrons. The Labute approximate surface area is 164 Å². The SMILES string of the molecule is COc1ccc(C(=O)N2CCN(Cc3nnc4n3CCCCC4)CC2)c(O)c1. The average Bonchev–Trinajstić information content (AvgIpc) is 2.94. The lowest BCUT2D eigenvalue weighted by Crippen LogP contribution is -2.48. The number of benzene rings is 1. The minimum atomic E-state index is -0.142. The zero-order valence-electron chi connectivity index (χ0n) is 16.3. The molecule has 2 aromatic rings. The van der Waals surface area contributed by atoms with Gasteiger partial charge in [0, 0.05) is 45.2 Å². The number of piperazine rings is 1. The summed E-state index contributed by atoms with van der Waals surface area (Å²) in [5.74, 6) is 2.49. The van der Waals surface area contributed by atoms with E-state index in [4.69, 9.17) is 4.74 Å². The van der Waals surface area contributed by atoms with Gasteiger partial charge in [-0.1, -0.05) is 6.42 Å². The molecule has 2 aliphatic heterocycles. The Morgan fingerprint density at radius 1 is 1.11 bits per heavy atom. The fraction of sp³-hybridized carbons (Fsp3) is 0.550. The van der Waals surface area contributed by atoms with Crippen molar-refractivity contribution in [3.63, 3.8) is 0 Å². The molecule has 0 atom stereocenters. The lowest BCUT2D eigenvalue weighted by atomic mass is 10.1. The number of carbonyl (C=O) groups is 1. The standard InChI is InChI=1S/C20H27N5O3/c1-28-15-6-7-16(17(26)13-15)20(27)24-11-9-23(10-12-24)14-19-22-21-18-5-3-2-4-8-25(18)19/h6-7,13,26H,2-5,8-12,14H2,1H3. The maximum atomic E-state index is 12.8. The second-order valence-corrected chi connectivity index (χ2v) is 7.45. The van der Waals surface area contributed by atoms with Gasteiger partial charge in [0.05, 0.1) is 19.2 Å². The summed E-state index contributed by atoms with van der Waals surface area (Å²) in [5.41, 5.74) is 0.317. The summed E-state index contributed by atoms with van der Waals surface area (Å²) >= 11 is 0. The summed E-state index contributed by atoms with van der Waals surface area (Å²) in [6.07, 6.45) is 4.64. The van der Waals surface area contributed by atoms with Crippen molar-refractivity contribution < 1.29 is 14.6 Å². The number of aryl methyl sites for hydroxylation is 1. The van der Waals surface area contributed by atoms with E-state index in [0.717, 1.165) is 44.2 Å². The molecule has 2 aliphatic rings. The minimum Gasteiger partial charge on any atom is -0.507 e. The highest BCUT2D eigenvalue weighted by atomic mass is 16.5. The number of fused-ring (bicyclic) bond motifs is 1. The van der Waals surface area contributed by atoms with Gasteiger partial charge < -0.3 is 19.3 Å². The number of aromatic nitrogens is 3. The van der Waals surface area contributed by atoms with E-state index in [0.29, 0.717) is 24.4 Å². The quantitative estimate of drug-likeness (QED) is 0.862. The number of aromatic hydroxyl groups is 1. The Balaban J connectivity index is 1.36. The number of rotatable bonds is 4. The van der Waals surface area contributed by atoms with Gasteiger partial charge in [-0.2, -0.15) is 0 Å². The van der Waals surface area contributed by atoms with E-state index in [1.54, 1.807) is 17.0 Å². The molecule has 1 amide bonds. The van der Waals surface area contributed by atoms with Crippen LogP contribution in [0.3, 0.4) is 0 Å². The van der Waals surface area contributed by atoms with Crippen LogP contribution in [0, 0.1) is 0 Å². The first-order chi connectivity index (χ1) is 13.7. The average molecular weight is 385 g/mol. The maximum Gasteiger partial charge on any atom is 0.257 e. The van der Waals surface area contributed by atoms with Crippen molar-refractivity contribution in [2.24, 2.45) is 0 Å². The topological polar surface area (TPSA) is 83.7 Å². The van der Waals surface area contributed by atoms with Crippen molar-refractivity contribution in [2.45, 2.75) is 38.8 Å². The molecule has 0 aliphatic carbocycles. The third-order valence-electron chi connectivity index (χ3n) is 5.65. The van der Waals surface area contributed by atoms with Crippen LogP contribution in [0.2, 0.25) is 0 Å². The Morgan fingerprint density at radius 3 is 2.68 bits per heavy atom. The molecule has 0 spiro atoms. The zero-order valence-corrected chi connectivity index (χ0v) is 16.3. The van der Waals surface area contributed by atoms with Gasteiger partial charge in [-0.15, -0.1) is 10.2 Å². The van der Waals surface area contributed by atoms with Gasteiger partial charge in [-0.3, -0.25) is 9.69 Å². The van der Waals surface area contributed by atoms with Gasteiger partial charge in [0.2, 0.25) is 0 Å². The van der Waals surface area contributed by atoms with Crippen LogP contribution in [0.25, 0.3) is 0 Å². The highest BCUT2D eigenvalue weighted by Gasteiger charge is 2.25. The monoisotopic (exact) mass is 385 g/mol. The first-order valence-electron chi connectivity index (χ1n) is 9.95. The van der Waals surface area contributed by atoms with E-state index in [9.17, 15) is 9.90 Å². The Kier molecular flexibility index (Phi) is 5.47. The van der Waals surface area contributed by atoms with Gasteiger partial charge in [0.15, 0.2) is 0 Å². The third kappa shape index (κ3) is 3.82. The molecule has 4 rings (SSSR count). The van der Waals surface area contributed by atoms with E-state index >= 15 is 0 Å². The Bertz CT molecular complexity index is 842. The fourth-order valence-corrected chi connectivity index (χ4v) is 3.96. The minimum absolute atomic E-state index is 0.0436. The molecule has 3 heterocycles. The van der Waals surface area contributed by atoms with E-state index < -0.39 is 0 Å². The number of phenolic OH excluding ortho intramolecular Hbond substituents is 1. The van der Waals surface area contributed by atoms with Crippen molar-refractivity contribution in [1.29, 1.82) is 0 Å². The lowest BCUT2D eigenvalue weighted by molar-refractivity contribution is 0.0621. The number of ether oxygens (including phenoxy) is 1. The number of methoxy groups -OCH3 is 1. The number of hydrogen-bond donors (Lipinski definition) is 1. The van der Waals surface area contributed by atoms with Crippen LogP contribution in [0.4, 0.5) is 0 Å². The summed E-state index contributed by atoms with van der Waals surface area (Å²) < 4.78 is 7.36. The molecule has 0 saturated carbocycles. The zero-order chi connectivity index (χ0) is 19.5. The van der Waals surface area contributed by atoms with E-state index in [-0.39, 0.29) is 11.7 Å². The van der Waals surface area contributed by atoms with Gasteiger partial charge in [-0.05, 0) is 25.0 Å². The molecule has 0 unspecified atom stereocenters. The molecule has 1 saturated heterocycles. The molecule has 1 aromatic carbocycles.